The Bertz CT molecular complexity index is 398. The van der Waals surface area contributed by atoms with Crippen molar-refractivity contribution in [3.8, 4) is 0 Å². The second kappa shape index (κ2) is 4.44. The minimum Gasteiger partial charge on any atom is -0.384 e. The van der Waals surface area contributed by atoms with E-state index in [2.05, 4.69) is 5.32 Å². The molecule has 0 unspecified atom stereocenters. The maximum atomic E-state index is 10.6. The molecule has 0 heterocycles. The highest BCUT2D eigenvalue weighted by Gasteiger charge is 2.11. The summed E-state index contributed by atoms with van der Waals surface area (Å²) in [5.41, 5.74) is 6.38. The summed E-state index contributed by atoms with van der Waals surface area (Å²) in [7, 11) is -4.04. The molecule has 0 radical (unpaired) electrons. The first-order valence-electron chi connectivity index (χ1n) is 4.11. The van der Waals surface area contributed by atoms with Crippen molar-refractivity contribution in [1.82, 2.24) is 0 Å². The summed E-state index contributed by atoms with van der Waals surface area (Å²) in [4.78, 5) is 17.2. The summed E-state index contributed by atoms with van der Waals surface area (Å²) in [5.74, 6) is -0.0449. The van der Waals surface area contributed by atoms with Gasteiger partial charge in [0.25, 0.3) is 0 Å². The Labute approximate surface area is 86.8 Å². The van der Waals surface area contributed by atoms with Crippen molar-refractivity contribution in [2.24, 2.45) is 5.73 Å². The van der Waals surface area contributed by atoms with Crippen molar-refractivity contribution < 1.29 is 14.4 Å². The van der Waals surface area contributed by atoms with Crippen molar-refractivity contribution in [1.29, 1.82) is 5.41 Å². The Morgan fingerprint density at radius 1 is 1.40 bits per heavy atom. The molecule has 0 amide bonds. The minimum absolute atomic E-state index is 0.0449. The second-order valence-electron chi connectivity index (χ2n) is 2.99. The number of benzene rings is 1. The maximum absolute atomic E-state index is 10.6. The van der Waals surface area contributed by atoms with Crippen LogP contribution in [0.15, 0.2) is 24.3 Å². The van der Waals surface area contributed by atoms with Crippen LogP contribution in [0.5, 0.6) is 0 Å². The number of hydrogen-bond acceptors (Lipinski definition) is 3. The molecular formula is C8H12N3O3P. The normalized spacial score (nSPS) is 11.1. The van der Waals surface area contributed by atoms with E-state index < -0.39 is 13.9 Å². The van der Waals surface area contributed by atoms with E-state index in [1.165, 1.54) is 0 Å². The number of nitrogen functional groups attached to an aromatic ring is 1. The molecule has 0 aliphatic heterocycles. The molecule has 0 spiro atoms. The minimum atomic E-state index is -4.04. The molecule has 6 N–H and O–H groups in total. The van der Waals surface area contributed by atoms with E-state index in [9.17, 15) is 4.57 Å². The van der Waals surface area contributed by atoms with E-state index in [4.69, 9.17) is 20.9 Å². The number of anilines is 1. The van der Waals surface area contributed by atoms with Gasteiger partial charge in [-0.05, 0) is 24.3 Å². The fourth-order valence-electron chi connectivity index (χ4n) is 0.962. The standard InChI is InChI=1S/C8H12N3O3P/c9-8(10)6-1-3-7(4-2-6)11-5-15(12,13)14/h1-4,11H,5H2,(H3,9,10)(H2,12,13,14). The van der Waals surface area contributed by atoms with Gasteiger partial charge in [0, 0.05) is 11.3 Å². The average Bonchev–Trinajstić information content (AvgIpc) is 2.14. The fraction of sp³-hybridized carbons (Fsp3) is 0.125. The molecule has 0 aromatic heterocycles. The highest BCUT2D eigenvalue weighted by atomic mass is 31.2. The number of nitrogens with one attached hydrogen (secondary N) is 2. The SMILES string of the molecule is N=C(N)c1ccc(NCP(=O)(O)O)cc1. The molecule has 7 heteroatoms. The van der Waals surface area contributed by atoms with E-state index >= 15 is 0 Å². The van der Waals surface area contributed by atoms with Crippen LogP contribution in [0.1, 0.15) is 5.56 Å². The van der Waals surface area contributed by atoms with E-state index in [1.54, 1.807) is 24.3 Å². The molecule has 0 saturated heterocycles. The van der Waals surface area contributed by atoms with Crippen molar-refractivity contribution in [2.75, 3.05) is 11.6 Å². The molecule has 0 fully saturated rings. The van der Waals surface area contributed by atoms with Gasteiger partial charge in [0.2, 0.25) is 0 Å². The molecule has 6 nitrogen and oxygen atoms in total. The third-order valence-electron chi connectivity index (χ3n) is 1.69. The predicted octanol–water partition coefficient (Wildman–Crippen LogP) is 0.518. The Morgan fingerprint density at radius 3 is 2.33 bits per heavy atom. The molecule has 0 bridgehead atoms. The zero-order valence-electron chi connectivity index (χ0n) is 7.84. The molecule has 1 aromatic rings. The Kier molecular flexibility index (Phi) is 3.47. The lowest BCUT2D eigenvalue weighted by Crippen LogP contribution is -2.10. The summed E-state index contributed by atoms with van der Waals surface area (Å²) >= 11 is 0. The van der Waals surface area contributed by atoms with E-state index in [-0.39, 0.29) is 5.84 Å². The molecule has 15 heavy (non-hydrogen) atoms. The van der Waals surface area contributed by atoms with Gasteiger partial charge >= 0.3 is 7.60 Å². The molecule has 0 aliphatic carbocycles. The first-order valence-corrected chi connectivity index (χ1v) is 5.91. The van der Waals surface area contributed by atoms with Crippen LogP contribution < -0.4 is 11.1 Å². The van der Waals surface area contributed by atoms with Crippen molar-refractivity contribution in [3.63, 3.8) is 0 Å². The molecule has 0 aliphatic rings. The van der Waals surface area contributed by atoms with E-state index in [0.717, 1.165) is 0 Å². The number of hydrogen-bond donors (Lipinski definition) is 5. The monoisotopic (exact) mass is 229 g/mol. The molecule has 0 saturated carbocycles. The Balaban J connectivity index is 2.65. The van der Waals surface area contributed by atoms with Gasteiger partial charge in [0.15, 0.2) is 0 Å². The number of amidine groups is 1. The van der Waals surface area contributed by atoms with Crippen LogP contribution >= 0.6 is 7.60 Å². The third kappa shape index (κ3) is 4.12. The highest BCUT2D eigenvalue weighted by molar-refractivity contribution is 7.51. The summed E-state index contributed by atoms with van der Waals surface area (Å²) in [6.07, 6.45) is -0.410. The van der Waals surface area contributed by atoms with Crippen molar-refractivity contribution >= 4 is 19.1 Å². The first-order chi connectivity index (χ1) is 6.88. The first kappa shape index (κ1) is 11.7. The molecule has 1 aromatic carbocycles. The predicted molar refractivity (Wildman–Crippen MR) is 58.0 cm³/mol. The van der Waals surface area contributed by atoms with Crippen LogP contribution in [0.3, 0.4) is 0 Å². The molecule has 0 atom stereocenters. The van der Waals surface area contributed by atoms with Crippen LogP contribution in [0.25, 0.3) is 0 Å². The van der Waals surface area contributed by atoms with Crippen LogP contribution in [0.4, 0.5) is 5.69 Å². The fourth-order valence-corrected chi connectivity index (χ4v) is 1.35. The van der Waals surface area contributed by atoms with Gasteiger partial charge in [-0.2, -0.15) is 0 Å². The average molecular weight is 229 g/mol. The van der Waals surface area contributed by atoms with Gasteiger partial charge in [-0.25, -0.2) is 0 Å². The lowest BCUT2D eigenvalue weighted by molar-refractivity contribution is 0.375. The molecule has 82 valence electrons. The number of rotatable bonds is 4. The lowest BCUT2D eigenvalue weighted by Gasteiger charge is -2.08. The van der Waals surface area contributed by atoms with E-state index in [1.807, 2.05) is 0 Å². The second-order valence-corrected chi connectivity index (χ2v) is 4.64. The van der Waals surface area contributed by atoms with Gasteiger partial charge in [-0.3, -0.25) is 9.97 Å². The highest BCUT2D eigenvalue weighted by Crippen LogP contribution is 2.33. The summed E-state index contributed by atoms with van der Waals surface area (Å²) in [6.45, 7) is 0. The zero-order valence-corrected chi connectivity index (χ0v) is 8.74. The van der Waals surface area contributed by atoms with Crippen molar-refractivity contribution in [2.45, 2.75) is 0 Å². The smallest absolute Gasteiger partial charge is 0.344 e. The van der Waals surface area contributed by atoms with E-state index in [0.29, 0.717) is 11.3 Å². The van der Waals surface area contributed by atoms with Crippen LogP contribution in [-0.2, 0) is 4.57 Å². The van der Waals surface area contributed by atoms with Crippen LogP contribution in [0.2, 0.25) is 0 Å². The van der Waals surface area contributed by atoms with Crippen molar-refractivity contribution in [3.05, 3.63) is 29.8 Å². The van der Waals surface area contributed by atoms with Crippen LogP contribution in [0, 0.1) is 5.41 Å². The quantitative estimate of drug-likeness (QED) is 0.293. The van der Waals surface area contributed by atoms with Crippen LogP contribution in [-0.4, -0.2) is 21.9 Å². The topological polar surface area (TPSA) is 119 Å². The molecule has 1 rings (SSSR count). The van der Waals surface area contributed by atoms with Gasteiger partial charge in [-0.1, -0.05) is 0 Å². The molecular weight excluding hydrogens is 217 g/mol. The summed E-state index contributed by atoms with van der Waals surface area (Å²) in [6, 6.07) is 6.41. The Hall–Kier alpha value is -1.36. The van der Waals surface area contributed by atoms with Gasteiger partial charge in [0.05, 0.1) is 0 Å². The maximum Gasteiger partial charge on any atom is 0.344 e. The largest absolute Gasteiger partial charge is 0.384 e. The number of nitrogens with two attached hydrogens (primary N) is 1. The summed E-state index contributed by atoms with van der Waals surface area (Å²) in [5, 5.41) is 9.72. The Morgan fingerprint density at radius 2 is 1.93 bits per heavy atom. The van der Waals surface area contributed by atoms with Gasteiger partial charge in [-0.15, -0.1) is 0 Å². The lowest BCUT2D eigenvalue weighted by atomic mass is 10.2. The van der Waals surface area contributed by atoms with Gasteiger partial charge < -0.3 is 20.8 Å². The summed E-state index contributed by atoms with van der Waals surface area (Å²) < 4.78 is 10.6. The zero-order chi connectivity index (χ0) is 11.5. The third-order valence-corrected chi connectivity index (χ3v) is 2.26. The van der Waals surface area contributed by atoms with Gasteiger partial charge in [0.1, 0.15) is 12.1 Å².